The van der Waals surface area contributed by atoms with Crippen molar-refractivity contribution in [2.75, 3.05) is 25.1 Å². The van der Waals surface area contributed by atoms with Crippen LogP contribution in [0.15, 0.2) is 0 Å². The molecule has 0 saturated carbocycles. The predicted octanol–water partition coefficient (Wildman–Crippen LogP) is 0.600. The zero-order valence-corrected chi connectivity index (χ0v) is 11.8. The van der Waals surface area contributed by atoms with Gasteiger partial charge in [-0.05, 0) is 27.7 Å². The molecule has 0 saturated heterocycles. The lowest BCUT2D eigenvalue weighted by atomic mass is 10.2. The number of likely N-dealkylation sites (N-methyl/N-ethyl adjacent to an activating group) is 1. The molecule has 0 aromatic carbocycles. The molecule has 0 spiro atoms. The number of rotatable bonds is 7. The van der Waals surface area contributed by atoms with E-state index in [1.54, 1.807) is 11.2 Å². The van der Waals surface area contributed by atoms with Crippen molar-refractivity contribution in [3.8, 4) is 0 Å². The molecule has 1 amide bonds. The lowest BCUT2D eigenvalue weighted by molar-refractivity contribution is -0.132. The van der Waals surface area contributed by atoms with Gasteiger partial charge in [0.05, 0.1) is 6.04 Å². The number of carbonyl (C=O) groups excluding carboxylic acids is 1. The highest BCUT2D eigenvalue weighted by molar-refractivity contribution is 7.84. The van der Waals surface area contributed by atoms with E-state index < -0.39 is 10.8 Å². The van der Waals surface area contributed by atoms with Gasteiger partial charge >= 0.3 is 0 Å². The maximum absolute atomic E-state index is 11.9. The first-order valence-corrected chi connectivity index (χ1v) is 7.49. The topological polar surface area (TPSA) is 49.4 Å². The van der Waals surface area contributed by atoms with Crippen molar-refractivity contribution in [3.63, 3.8) is 0 Å². The van der Waals surface area contributed by atoms with Gasteiger partial charge in [0.1, 0.15) is 0 Å². The molecule has 0 aliphatic heterocycles. The van der Waals surface area contributed by atoms with Crippen molar-refractivity contribution in [1.82, 2.24) is 10.2 Å². The van der Waals surface area contributed by atoms with E-state index in [1.807, 2.05) is 27.7 Å². The summed E-state index contributed by atoms with van der Waals surface area (Å²) in [5.74, 6) is 0.689. The summed E-state index contributed by atoms with van der Waals surface area (Å²) in [6.45, 7) is 9.21. The molecule has 16 heavy (non-hydrogen) atoms. The van der Waals surface area contributed by atoms with Gasteiger partial charge in [0, 0.05) is 41.9 Å². The van der Waals surface area contributed by atoms with E-state index in [2.05, 4.69) is 5.32 Å². The largest absolute Gasteiger partial charge is 0.342 e. The number of amides is 1. The molecule has 1 N–H and O–H groups in total. The Kier molecular flexibility index (Phi) is 7.58. The summed E-state index contributed by atoms with van der Waals surface area (Å²) < 4.78 is 11.0. The van der Waals surface area contributed by atoms with Crippen LogP contribution < -0.4 is 5.32 Å². The molecule has 0 bridgehead atoms. The number of nitrogens with one attached hydrogen (secondary N) is 1. The summed E-state index contributed by atoms with van der Waals surface area (Å²) in [4.78, 5) is 13.7. The van der Waals surface area contributed by atoms with E-state index in [0.717, 1.165) is 13.1 Å². The lowest BCUT2D eigenvalue weighted by Crippen LogP contribution is -2.48. The van der Waals surface area contributed by atoms with Gasteiger partial charge in [-0.15, -0.1) is 0 Å². The molecule has 0 rings (SSSR count). The highest BCUT2D eigenvalue weighted by Crippen LogP contribution is 1.97. The molecule has 0 aromatic rings. The van der Waals surface area contributed by atoms with Crippen LogP contribution in [0.2, 0.25) is 0 Å². The maximum Gasteiger partial charge on any atom is 0.239 e. The van der Waals surface area contributed by atoms with Gasteiger partial charge < -0.3 is 10.2 Å². The number of nitrogens with zero attached hydrogens (tertiary/aromatic N) is 1. The third-order valence-electron chi connectivity index (χ3n) is 2.46. The second kappa shape index (κ2) is 7.79. The first kappa shape index (κ1) is 15.6. The average Bonchev–Trinajstić information content (AvgIpc) is 2.17. The molecule has 0 aliphatic rings. The minimum atomic E-state index is -0.827. The van der Waals surface area contributed by atoms with Crippen LogP contribution in [-0.2, 0) is 15.6 Å². The van der Waals surface area contributed by atoms with E-state index in [-0.39, 0.29) is 18.0 Å². The minimum Gasteiger partial charge on any atom is -0.342 e. The van der Waals surface area contributed by atoms with E-state index in [9.17, 15) is 9.00 Å². The Balaban J connectivity index is 4.18. The van der Waals surface area contributed by atoms with Crippen LogP contribution in [-0.4, -0.2) is 52.2 Å². The molecule has 5 heteroatoms. The Morgan fingerprint density at radius 3 is 2.19 bits per heavy atom. The van der Waals surface area contributed by atoms with E-state index in [1.165, 1.54) is 0 Å². The van der Waals surface area contributed by atoms with E-state index in [4.69, 9.17) is 0 Å². The molecule has 0 fully saturated rings. The van der Waals surface area contributed by atoms with Crippen molar-refractivity contribution in [2.45, 2.75) is 39.8 Å². The second-order valence-electron chi connectivity index (χ2n) is 4.04. The summed E-state index contributed by atoms with van der Waals surface area (Å²) in [6.07, 6.45) is 1.68. The quantitative estimate of drug-likeness (QED) is 0.718. The van der Waals surface area contributed by atoms with Crippen molar-refractivity contribution in [1.29, 1.82) is 0 Å². The number of carbonyl (C=O) groups is 1. The highest BCUT2D eigenvalue weighted by Gasteiger charge is 2.19. The van der Waals surface area contributed by atoms with Crippen LogP contribution in [0.25, 0.3) is 0 Å². The molecule has 3 unspecified atom stereocenters. The molecule has 96 valence electrons. The van der Waals surface area contributed by atoms with Crippen LogP contribution in [0, 0.1) is 0 Å². The van der Waals surface area contributed by atoms with Gasteiger partial charge in [-0.1, -0.05) is 0 Å². The highest BCUT2D eigenvalue weighted by atomic mass is 32.2. The van der Waals surface area contributed by atoms with E-state index >= 15 is 0 Å². The fourth-order valence-electron chi connectivity index (χ4n) is 1.71. The van der Waals surface area contributed by atoms with Gasteiger partial charge in [-0.25, -0.2) is 0 Å². The summed E-state index contributed by atoms with van der Waals surface area (Å²) in [5, 5.41) is 3.18. The summed E-state index contributed by atoms with van der Waals surface area (Å²) in [5.41, 5.74) is 0. The van der Waals surface area contributed by atoms with E-state index in [0.29, 0.717) is 5.75 Å². The number of hydrogen-bond donors (Lipinski definition) is 1. The minimum absolute atomic E-state index is 0.0975. The molecule has 3 atom stereocenters. The SMILES string of the molecule is CCN(CC)C(=O)C(C)NC(C)CS(C)=O. The Bertz CT molecular complexity index is 242. The van der Waals surface area contributed by atoms with Crippen LogP contribution in [0.1, 0.15) is 27.7 Å². The third kappa shape index (κ3) is 5.61. The van der Waals surface area contributed by atoms with Crippen LogP contribution in [0.4, 0.5) is 0 Å². The zero-order valence-electron chi connectivity index (χ0n) is 10.9. The zero-order chi connectivity index (χ0) is 12.7. The molecule has 0 aromatic heterocycles. The standard InChI is InChI=1S/C11H24N2O2S/c1-6-13(7-2)11(14)10(4)12-9(3)8-16(5)15/h9-10,12H,6-8H2,1-5H3. The van der Waals surface area contributed by atoms with Gasteiger partial charge in [-0.2, -0.15) is 0 Å². The van der Waals surface area contributed by atoms with Crippen LogP contribution in [0.5, 0.6) is 0 Å². The van der Waals surface area contributed by atoms with Crippen LogP contribution >= 0.6 is 0 Å². The van der Waals surface area contributed by atoms with Crippen molar-refractivity contribution in [3.05, 3.63) is 0 Å². The summed E-state index contributed by atoms with van der Waals surface area (Å²) in [7, 11) is -0.827. The molecule has 0 aliphatic carbocycles. The molecule has 4 nitrogen and oxygen atoms in total. The monoisotopic (exact) mass is 248 g/mol. The van der Waals surface area contributed by atoms with Gasteiger partial charge in [0.2, 0.25) is 5.91 Å². The second-order valence-corrected chi connectivity index (χ2v) is 5.52. The fourth-order valence-corrected chi connectivity index (χ4v) is 2.51. The first-order valence-electron chi connectivity index (χ1n) is 5.77. The van der Waals surface area contributed by atoms with Crippen molar-refractivity contribution in [2.24, 2.45) is 0 Å². The summed E-state index contributed by atoms with van der Waals surface area (Å²) >= 11 is 0. The number of hydrogen-bond acceptors (Lipinski definition) is 3. The normalized spacial score (nSPS) is 16.6. The van der Waals surface area contributed by atoms with Crippen molar-refractivity contribution < 1.29 is 9.00 Å². The molecular formula is C11H24N2O2S. The Labute approximate surface area is 101 Å². The fraction of sp³-hybridized carbons (Fsp3) is 0.909. The lowest BCUT2D eigenvalue weighted by Gasteiger charge is -2.25. The smallest absolute Gasteiger partial charge is 0.239 e. The first-order chi connectivity index (χ1) is 7.42. The average molecular weight is 248 g/mol. The summed E-state index contributed by atoms with van der Waals surface area (Å²) in [6, 6.07) is -0.112. The Morgan fingerprint density at radius 2 is 1.81 bits per heavy atom. The Morgan fingerprint density at radius 1 is 1.31 bits per heavy atom. The van der Waals surface area contributed by atoms with Crippen LogP contribution in [0.3, 0.4) is 0 Å². The van der Waals surface area contributed by atoms with Crippen molar-refractivity contribution >= 4 is 16.7 Å². The van der Waals surface area contributed by atoms with Gasteiger partial charge in [-0.3, -0.25) is 9.00 Å². The van der Waals surface area contributed by atoms with Gasteiger partial charge in [0.25, 0.3) is 0 Å². The van der Waals surface area contributed by atoms with Gasteiger partial charge in [0.15, 0.2) is 0 Å². The third-order valence-corrected chi connectivity index (χ3v) is 3.43. The molecule has 0 heterocycles. The Hall–Kier alpha value is -0.420. The molecular weight excluding hydrogens is 224 g/mol. The maximum atomic E-state index is 11.9. The predicted molar refractivity (Wildman–Crippen MR) is 68.9 cm³/mol. The molecule has 0 radical (unpaired) electrons.